The van der Waals surface area contributed by atoms with Gasteiger partial charge in [-0.15, -0.1) is 23.7 Å². The fourth-order valence-corrected chi connectivity index (χ4v) is 4.64. The summed E-state index contributed by atoms with van der Waals surface area (Å²) >= 11 is 1.79. The van der Waals surface area contributed by atoms with E-state index in [9.17, 15) is 4.79 Å². The van der Waals surface area contributed by atoms with E-state index in [1.165, 1.54) is 16.9 Å². The summed E-state index contributed by atoms with van der Waals surface area (Å²) in [6, 6.07) is 0.580. The minimum atomic E-state index is 0. The van der Waals surface area contributed by atoms with Gasteiger partial charge in [0.1, 0.15) is 0 Å². The van der Waals surface area contributed by atoms with Gasteiger partial charge in [0.25, 0.3) is 5.91 Å². The first kappa shape index (κ1) is 16.8. The average Bonchev–Trinajstić information content (AvgIpc) is 2.89. The number of rotatable bonds is 2. The van der Waals surface area contributed by atoms with Crippen LogP contribution < -0.4 is 5.32 Å². The number of likely N-dealkylation sites (tertiary alicyclic amines) is 1. The number of fused-ring (bicyclic) bond motifs is 1. The van der Waals surface area contributed by atoms with Crippen LogP contribution in [0.25, 0.3) is 0 Å². The number of carbonyl (C=O) groups excluding carboxylic acids is 1. The van der Waals surface area contributed by atoms with Crippen LogP contribution in [-0.4, -0.2) is 37.0 Å². The summed E-state index contributed by atoms with van der Waals surface area (Å²) < 4.78 is 0. The Labute approximate surface area is 137 Å². The van der Waals surface area contributed by atoms with Gasteiger partial charge in [-0.2, -0.15) is 0 Å². The molecule has 0 aromatic carbocycles. The molecule has 1 unspecified atom stereocenters. The number of hydrogen-bond donors (Lipinski definition) is 1. The molecule has 1 aromatic heterocycles. The number of piperidine rings is 1. The molecule has 1 atom stereocenters. The van der Waals surface area contributed by atoms with E-state index in [0.717, 1.165) is 50.3 Å². The van der Waals surface area contributed by atoms with E-state index in [4.69, 9.17) is 0 Å². The predicted molar refractivity (Wildman–Crippen MR) is 90.7 cm³/mol. The lowest BCUT2D eigenvalue weighted by Crippen LogP contribution is -2.44. The molecule has 0 spiro atoms. The zero-order valence-corrected chi connectivity index (χ0v) is 14.5. The molecule has 3 nitrogen and oxygen atoms in total. The smallest absolute Gasteiger partial charge is 0.254 e. The maximum absolute atomic E-state index is 12.7. The highest BCUT2D eigenvalue weighted by Crippen LogP contribution is 2.33. The highest BCUT2D eigenvalue weighted by molar-refractivity contribution is 7.10. The Balaban J connectivity index is 0.00000161. The molecular formula is C16H25ClN2OS. The summed E-state index contributed by atoms with van der Waals surface area (Å²) in [6.45, 7) is 4.10. The number of amides is 1. The lowest BCUT2D eigenvalue weighted by Gasteiger charge is -2.32. The minimum absolute atomic E-state index is 0. The monoisotopic (exact) mass is 328 g/mol. The van der Waals surface area contributed by atoms with Crippen LogP contribution in [0.2, 0.25) is 0 Å². The first-order valence-electron chi connectivity index (χ1n) is 7.74. The summed E-state index contributed by atoms with van der Waals surface area (Å²) in [7, 11) is 2.01. The lowest BCUT2D eigenvalue weighted by molar-refractivity contribution is 0.0706. The van der Waals surface area contributed by atoms with Crippen LogP contribution in [0, 0.1) is 5.92 Å². The van der Waals surface area contributed by atoms with Crippen molar-refractivity contribution in [2.75, 3.05) is 20.1 Å². The Kier molecular flexibility index (Phi) is 5.69. The van der Waals surface area contributed by atoms with Gasteiger partial charge in [0.2, 0.25) is 0 Å². The molecule has 21 heavy (non-hydrogen) atoms. The molecule has 1 aromatic rings. The van der Waals surface area contributed by atoms with Crippen LogP contribution in [-0.2, 0) is 12.8 Å². The summed E-state index contributed by atoms with van der Waals surface area (Å²) in [5.41, 5.74) is 2.36. The summed E-state index contributed by atoms with van der Waals surface area (Å²) in [5, 5.41) is 5.42. The number of carbonyl (C=O) groups is 1. The topological polar surface area (TPSA) is 32.3 Å². The average molecular weight is 329 g/mol. The second-order valence-corrected chi connectivity index (χ2v) is 7.22. The Morgan fingerprint density at radius 2 is 2.05 bits per heavy atom. The number of nitrogens with one attached hydrogen (secondary N) is 1. The van der Waals surface area contributed by atoms with Crippen LogP contribution in [0.5, 0.6) is 0 Å². The molecule has 0 bridgehead atoms. The number of thiophene rings is 1. The molecule has 1 N–H and O–H groups in total. The van der Waals surface area contributed by atoms with Gasteiger partial charge < -0.3 is 10.2 Å². The normalized spacial score (nSPS) is 22.6. The van der Waals surface area contributed by atoms with Crippen molar-refractivity contribution in [3.8, 4) is 0 Å². The highest BCUT2D eigenvalue weighted by Gasteiger charge is 2.28. The van der Waals surface area contributed by atoms with Crippen molar-refractivity contribution in [2.24, 2.45) is 5.92 Å². The minimum Gasteiger partial charge on any atom is -0.338 e. The molecule has 2 heterocycles. The second kappa shape index (κ2) is 7.12. The third kappa shape index (κ3) is 3.43. The van der Waals surface area contributed by atoms with Gasteiger partial charge in [0.15, 0.2) is 0 Å². The number of nitrogens with zero attached hydrogens (tertiary/aromatic N) is 1. The van der Waals surface area contributed by atoms with Crippen LogP contribution in [0.15, 0.2) is 5.38 Å². The van der Waals surface area contributed by atoms with Gasteiger partial charge in [-0.3, -0.25) is 4.79 Å². The van der Waals surface area contributed by atoms with Crippen molar-refractivity contribution < 1.29 is 4.79 Å². The molecule has 1 amide bonds. The Bertz CT molecular complexity index is 494. The molecule has 3 rings (SSSR count). The van der Waals surface area contributed by atoms with Crippen molar-refractivity contribution in [2.45, 2.75) is 45.1 Å². The van der Waals surface area contributed by atoms with Crippen LogP contribution in [0.1, 0.15) is 47.0 Å². The first-order chi connectivity index (χ1) is 9.69. The van der Waals surface area contributed by atoms with Crippen molar-refractivity contribution in [1.29, 1.82) is 0 Å². The van der Waals surface area contributed by atoms with Crippen molar-refractivity contribution in [1.82, 2.24) is 10.2 Å². The lowest BCUT2D eigenvalue weighted by atomic mass is 9.88. The fraction of sp³-hybridized carbons (Fsp3) is 0.688. The molecule has 1 fully saturated rings. The van der Waals surface area contributed by atoms with Crippen molar-refractivity contribution in [3.63, 3.8) is 0 Å². The Hall–Kier alpha value is -0.580. The molecule has 0 saturated carbocycles. The maximum atomic E-state index is 12.7. The Morgan fingerprint density at radius 3 is 2.71 bits per heavy atom. The van der Waals surface area contributed by atoms with E-state index in [0.29, 0.717) is 6.04 Å². The summed E-state index contributed by atoms with van der Waals surface area (Å²) in [5.74, 6) is 1.04. The SMILES string of the molecule is CNC1CCN(C(=O)c2csc3c2CCC(C)C3)CC1.Cl. The first-order valence-corrected chi connectivity index (χ1v) is 8.62. The molecule has 2 aliphatic rings. The predicted octanol–water partition coefficient (Wildman–Crippen LogP) is 3.12. The largest absolute Gasteiger partial charge is 0.338 e. The van der Waals surface area contributed by atoms with E-state index in [2.05, 4.69) is 17.6 Å². The standard InChI is InChI=1S/C16H24N2OS.ClH/c1-11-3-4-13-14(10-20-15(13)9-11)16(19)18-7-5-12(17-2)6-8-18;/h10-12,17H,3-9H2,1-2H3;1H. The van der Waals surface area contributed by atoms with Crippen molar-refractivity contribution >= 4 is 29.7 Å². The van der Waals surface area contributed by atoms with E-state index in [1.807, 2.05) is 11.9 Å². The van der Waals surface area contributed by atoms with Gasteiger partial charge in [-0.25, -0.2) is 0 Å². The van der Waals surface area contributed by atoms with Crippen LogP contribution in [0.4, 0.5) is 0 Å². The van der Waals surface area contributed by atoms with Gasteiger partial charge in [-0.1, -0.05) is 6.92 Å². The fourth-order valence-electron chi connectivity index (χ4n) is 3.40. The summed E-state index contributed by atoms with van der Waals surface area (Å²) in [6.07, 6.45) is 5.63. The number of hydrogen-bond acceptors (Lipinski definition) is 3. The van der Waals surface area contributed by atoms with Crippen LogP contribution >= 0.6 is 23.7 Å². The zero-order valence-electron chi connectivity index (χ0n) is 12.9. The Morgan fingerprint density at radius 1 is 1.33 bits per heavy atom. The van der Waals surface area contributed by atoms with Gasteiger partial charge in [0, 0.05) is 29.4 Å². The molecule has 1 saturated heterocycles. The molecule has 1 aliphatic carbocycles. The zero-order chi connectivity index (χ0) is 14.1. The van der Waals surface area contributed by atoms with Crippen molar-refractivity contribution in [3.05, 3.63) is 21.4 Å². The van der Waals surface area contributed by atoms with Gasteiger partial charge in [0.05, 0.1) is 5.56 Å². The van der Waals surface area contributed by atoms with E-state index in [-0.39, 0.29) is 18.3 Å². The third-order valence-corrected chi connectivity index (χ3v) is 5.87. The van der Waals surface area contributed by atoms with E-state index < -0.39 is 0 Å². The molecule has 118 valence electrons. The quantitative estimate of drug-likeness (QED) is 0.904. The molecule has 0 radical (unpaired) electrons. The second-order valence-electron chi connectivity index (χ2n) is 6.25. The summed E-state index contributed by atoms with van der Waals surface area (Å²) in [4.78, 5) is 16.2. The number of halogens is 1. The molecular weight excluding hydrogens is 304 g/mol. The van der Waals surface area contributed by atoms with Gasteiger partial charge in [-0.05, 0) is 50.6 Å². The highest BCUT2D eigenvalue weighted by atomic mass is 35.5. The van der Waals surface area contributed by atoms with Crippen LogP contribution in [0.3, 0.4) is 0 Å². The molecule has 1 aliphatic heterocycles. The third-order valence-electron chi connectivity index (χ3n) is 4.82. The van der Waals surface area contributed by atoms with Gasteiger partial charge >= 0.3 is 0 Å². The maximum Gasteiger partial charge on any atom is 0.254 e. The van der Waals surface area contributed by atoms with E-state index >= 15 is 0 Å². The van der Waals surface area contributed by atoms with E-state index in [1.54, 1.807) is 11.3 Å². The molecule has 5 heteroatoms.